The standard InChI is InChI=1S/C14H22N2O3/c1-11(2)15-8-13(17)9-16-19-10-12-6-4-5-7-14(12)18-3/h4-7,9,11,13,15,17H,8,10H2,1-3H3/b16-9-. The molecule has 0 aliphatic heterocycles. The smallest absolute Gasteiger partial charge is 0.145 e. The van der Waals surface area contributed by atoms with Crippen LogP contribution < -0.4 is 10.1 Å². The minimum Gasteiger partial charge on any atom is -0.496 e. The molecule has 0 bridgehead atoms. The lowest BCUT2D eigenvalue weighted by Crippen LogP contribution is -2.32. The van der Waals surface area contributed by atoms with Crippen LogP contribution in [0.1, 0.15) is 19.4 Å². The van der Waals surface area contributed by atoms with Crippen LogP contribution >= 0.6 is 0 Å². The number of ether oxygens (including phenoxy) is 1. The number of rotatable bonds is 8. The number of benzene rings is 1. The maximum absolute atomic E-state index is 9.58. The van der Waals surface area contributed by atoms with Gasteiger partial charge >= 0.3 is 0 Å². The summed E-state index contributed by atoms with van der Waals surface area (Å²) < 4.78 is 5.20. The summed E-state index contributed by atoms with van der Waals surface area (Å²) in [6.45, 7) is 4.80. The number of nitrogens with zero attached hydrogens (tertiary/aromatic N) is 1. The van der Waals surface area contributed by atoms with E-state index < -0.39 is 6.10 Å². The number of oxime groups is 1. The van der Waals surface area contributed by atoms with Gasteiger partial charge in [0.2, 0.25) is 0 Å². The fourth-order valence-corrected chi connectivity index (χ4v) is 1.45. The van der Waals surface area contributed by atoms with Crippen molar-refractivity contribution in [2.24, 2.45) is 5.16 Å². The summed E-state index contributed by atoms with van der Waals surface area (Å²) in [5.41, 5.74) is 0.914. The molecule has 1 aromatic rings. The number of para-hydroxylation sites is 1. The fourth-order valence-electron chi connectivity index (χ4n) is 1.45. The first kappa shape index (κ1) is 15.5. The number of aliphatic hydroxyl groups is 1. The highest BCUT2D eigenvalue weighted by Gasteiger charge is 2.03. The zero-order valence-electron chi connectivity index (χ0n) is 11.7. The Morgan fingerprint density at radius 1 is 1.37 bits per heavy atom. The van der Waals surface area contributed by atoms with E-state index in [4.69, 9.17) is 9.57 Å². The monoisotopic (exact) mass is 266 g/mol. The number of hydrogen-bond acceptors (Lipinski definition) is 5. The van der Waals surface area contributed by atoms with Gasteiger partial charge in [0.05, 0.1) is 13.3 Å². The Hall–Kier alpha value is -1.59. The molecule has 0 aromatic heterocycles. The Bertz CT molecular complexity index is 394. The third kappa shape index (κ3) is 6.22. The number of aliphatic hydroxyl groups excluding tert-OH is 1. The molecule has 0 radical (unpaired) electrons. The molecule has 1 rings (SSSR count). The van der Waals surface area contributed by atoms with Crippen molar-refractivity contribution in [1.82, 2.24) is 5.32 Å². The van der Waals surface area contributed by atoms with Crippen LogP contribution in [0.3, 0.4) is 0 Å². The Morgan fingerprint density at radius 2 is 2.11 bits per heavy atom. The van der Waals surface area contributed by atoms with Crippen LogP contribution in [0.4, 0.5) is 0 Å². The van der Waals surface area contributed by atoms with Gasteiger partial charge in [0, 0.05) is 18.2 Å². The van der Waals surface area contributed by atoms with E-state index in [1.165, 1.54) is 6.21 Å². The number of hydrogen-bond donors (Lipinski definition) is 2. The van der Waals surface area contributed by atoms with Crippen molar-refractivity contribution < 1.29 is 14.7 Å². The molecule has 0 saturated heterocycles. The molecule has 5 heteroatoms. The van der Waals surface area contributed by atoms with E-state index in [-0.39, 0.29) is 0 Å². The summed E-state index contributed by atoms with van der Waals surface area (Å²) in [5.74, 6) is 0.764. The third-order valence-electron chi connectivity index (χ3n) is 2.46. The summed E-state index contributed by atoms with van der Waals surface area (Å²) >= 11 is 0. The molecule has 5 nitrogen and oxygen atoms in total. The number of nitrogens with one attached hydrogen (secondary N) is 1. The summed E-state index contributed by atoms with van der Waals surface area (Å²) in [6.07, 6.45) is 0.727. The van der Waals surface area contributed by atoms with Crippen molar-refractivity contribution in [1.29, 1.82) is 0 Å². The second-order valence-electron chi connectivity index (χ2n) is 4.47. The van der Waals surface area contributed by atoms with Crippen molar-refractivity contribution in [3.63, 3.8) is 0 Å². The first-order valence-electron chi connectivity index (χ1n) is 6.32. The minimum absolute atomic E-state index is 0.310. The first-order chi connectivity index (χ1) is 9.13. The van der Waals surface area contributed by atoms with Gasteiger partial charge in [-0.2, -0.15) is 0 Å². The Kier molecular flexibility index (Phi) is 6.92. The highest BCUT2D eigenvalue weighted by Crippen LogP contribution is 2.17. The molecule has 1 atom stereocenters. The maximum Gasteiger partial charge on any atom is 0.145 e. The molecule has 0 amide bonds. The summed E-state index contributed by atoms with van der Waals surface area (Å²) in [5, 5.41) is 16.4. The van der Waals surface area contributed by atoms with Crippen LogP contribution in [0.15, 0.2) is 29.4 Å². The van der Waals surface area contributed by atoms with E-state index in [1.54, 1.807) is 7.11 Å². The van der Waals surface area contributed by atoms with E-state index in [2.05, 4.69) is 10.5 Å². The molecule has 0 fully saturated rings. The van der Waals surface area contributed by atoms with Crippen molar-refractivity contribution in [3.05, 3.63) is 29.8 Å². The molecule has 106 valence electrons. The van der Waals surface area contributed by atoms with Gasteiger partial charge < -0.3 is 20.0 Å². The molecular weight excluding hydrogens is 244 g/mol. The molecule has 1 unspecified atom stereocenters. The molecule has 19 heavy (non-hydrogen) atoms. The van der Waals surface area contributed by atoms with Crippen LogP contribution in [0.25, 0.3) is 0 Å². The van der Waals surface area contributed by atoms with Gasteiger partial charge in [-0.15, -0.1) is 0 Å². The second kappa shape index (κ2) is 8.50. The Morgan fingerprint density at radius 3 is 2.79 bits per heavy atom. The fraction of sp³-hybridized carbons (Fsp3) is 0.500. The van der Waals surface area contributed by atoms with Crippen LogP contribution in [0, 0.1) is 0 Å². The highest BCUT2D eigenvalue weighted by molar-refractivity contribution is 5.62. The van der Waals surface area contributed by atoms with Gasteiger partial charge in [0.1, 0.15) is 18.5 Å². The molecule has 0 spiro atoms. The third-order valence-corrected chi connectivity index (χ3v) is 2.46. The second-order valence-corrected chi connectivity index (χ2v) is 4.47. The quantitative estimate of drug-likeness (QED) is 0.553. The lowest BCUT2D eigenvalue weighted by atomic mass is 10.2. The van der Waals surface area contributed by atoms with Crippen molar-refractivity contribution in [3.8, 4) is 5.75 Å². The highest BCUT2D eigenvalue weighted by atomic mass is 16.6. The molecule has 0 aliphatic rings. The molecule has 2 N–H and O–H groups in total. The predicted octanol–water partition coefficient (Wildman–Crippen LogP) is 1.56. The predicted molar refractivity (Wildman–Crippen MR) is 75.4 cm³/mol. The molecule has 0 heterocycles. The largest absolute Gasteiger partial charge is 0.496 e. The average molecular weight is 266 g/mol. The lowest BCUT2D eigenvalue weighted by Gasteiger charge is -2.10. The minimum atomic E-state index is -0.653. The van der Waals surface area contributed by atoms with Gasteiger partial charge in [-0.25, -0.2) is 0 Å². The van der Waals surface area contributed by atoms with Crippen LogP contribution in [0.2, 0.25) is 0 Å². The lowest BCUT2D eigenvalue weighted by molar-refractivity contribution is 0.125. The summed E-state index contributed by atoms with van der Waals surface area (Å²) in [4.78, 5) is 5.14. The summed E-state index contributed by atoms with van der Waals surface area (Å²) in [7, 11) is 1.61. The first-order valence-corrected chi connectivity index (χ1v) is 6.32. The number of methoxy groups -OCH3 is 1. The van der Waals surface area contributed by atoms with E-state index in [9.17, 15) is 5.11 Å². The van der Waals surface area contributed by atoms with Gasteiger partial charge in [-0.05, 0) is 6.07 Å². The summed E-state index contributed by atoms with van der Waals surface area (Å²) in [6, 6.07) is 7.91. The van der Waals surface area contributed by atoms with Crippen molar-refractivity contribution in [2.75, 3.05) is 13.7 Å². The van der Waals surface area contributed by atoms with E-state index in [1.807, 2.05) is 38.1 Å². The van der Waals surface area contributed by atoms with Gasteiger partial charge in [-0.3, -0.25) is 0 Å². The van der Waals surface area contributed by atoms with E-state index in [0.29, 0.717) is 19.2 Å². The van der Waals surface area contributed by atoms with Gasteiger partial charge in [0.25, 0.3) is 0 Å². The molecular formula is C14H22N2O3. The molecule has 1 aromatic carbocycles. The zero-order chi connectivity index (χ0) is 14.1. The normalized spacial score (nSPS) is 12.9. The van der Waals surface area contributed by atoms with E-state index in [0.717, 1.165) is 11.3 Å². The van der Waals surface area contributed by atoms with Crippen LogP contribution in [-0.4, -0.2) is 37.1 Å². The van der Waals surface area contributed by atoms with Gasteiger partial charge in [0.15, 0.2) is 0 Å². The molecule has 0 saturated carbocycles. The average Bonchev–Trinajstić information content (AvgIpc) is 2.41. The Balaban J connectivity index is 2.33. The van der Waals surface area contributed by atoms with Crippen molar-refractivity contribution in [2.45, 2.75) is 32.6 Å². The Labute approximate surface area is 114 Å². The van der Waals surface area contributed by atoms with Gasteiger partial charge in [-0.1, -0.05) is 37.2 Å². The topological polar surface area (TPSA) is 63.1 Å². The van der Waals surface area contributed by atoms with Crippen LogP contribution in [0.5, 0.6) is 5.75 Å². The van der Waals surface area contributed by atoms with E-state index >= 15 is 0 Å². The van der Waals surface area contributed by atoms with Crippen molar-refractivity contribution >= 4 is 6.21 Å². The SMILES string of the molecule is COc1ccccc1CO/N=C\C(O)CNC(C)C. The molecule has 0 aliphatic carbocycles. The van der Waals surface area contributed by atoms with Crippen LogP contribution in [-0.2, 0) is 11.4 Å². The zero-order valence-corrected chi connectivity index (χ0v) is 11.7. The maximum atomic E-state index is 9.58.